The Labute approximate surface area is 51.4 Å². The van der Waals surface area contributed by atoms with Gasteiger partial charge >= 0.3 is 5.97 Å². The fourth-order valence-electron chi connectivity index (χ4n) is 0.457. The number of hydrogen-bond acceptors (Lipinski definition) is 1. The first-order valence-corrected chi connectivity index (χ1v) is 2.17. The molecule has 0 radical (unpaired) electrons. The molecule has 0 aliphatic rings. The second-order valence-corrected chi connectivity index (χ2v) is 1.40. The van der Waals surface area contributed by atoms with Crippen molar-refractivity contribution < 1.29 is 15.4 Å². The lowest BCUT2D eigenvalue weighted by atomic mass is 10.4. The summed E-state index contributed by atoms with van der Waals surface area (Å²) in [6.45, 7) is 0. The van der Waals surface area contributed by atoms with Gasteiger partial charge in [-0.05, 0) is 6.07 Å². The molecular formula is C5H7NO3. The van der Waals surface area contributed by atoms with Gasteiger partial charge < -0.3 is 15.6 Å². The largest absolute Gasteiger partial charge is 0.478 e. The minimum Gasteiger partial charge on any atom is -0.478 e. The minimum absolute atomic E-state index is 0. The van der Waals surface area contributed by atoms with E-state index in [0.717, 1.165) is 0 Å². The molecule has 0 atom stereocenters. The average Bonchev–Trinajstić information content (AvgIpc) is 2.12. The van der Waals surface area contributed by atoms with Crippen LogP contribution < -0.4 is 0 Å². The van der Waals surface area contributed by atoms with Crippen LogP contribution in [0.15, 0.2) is 18.5 Å². The Hall–Kier alpha value is -1.29. The first-order valence-electron chi connectivity index (χ1n) is 2.17. The average molecular weight is 129 g/mol. The molecule has 1 aromatic rings. The maximum atomic E-state index is 10.0. The molecule has 0 saturated carbocycles. The third kappa shape index (κ3) is 1.58. The monoisotopic (exact) mass is 129 g/mol. The Morgan fingerprint density at radius 1 is 1.67 bits per heavy atom. The zero-order chi connectivity index (χ0) is 5.98. The second kappa shape index (κ2) is 2.88. The van der Waals surface area contributed by atoms with Crippen LogP contribution in [-0.2, 0) is 0 Å². The third-order valence-electron chi connectivity index (χ3n) is 0.845. The summed E-state index contributed by atoms with van der Waals surface area (Å²) in [5.41, 5.74) is 0.296. The standard InChI is InChI=1S/C5H5NO2.H2O/c7-5(8)4-1-2-6-3-4;/h1-3,6H,(H,7,8);1H2. The molecule has 0 aromatic carbocycles. The highest BCUT2D eigenvalue weighted by atomic mass is 16.4. The van der Waals surface area contributed by atoms with E-state index in [1.54, 1.807) is 6.20 Å². The number of hydrogen-bond donors (Lipinski definition) is 2. The summed E-state index contributed by atoms with van der Waals surface area (Å²) >= 11 is 0. The first kappa shape index (κ1) is 7.71. The summed E-state index contributed by atoms with van der Waals surface area (Å²) in [4.78, 5) is 12.7. The van der Waals surface area contributed by atoms with Crippen molar-refractivity contribution >= 4 is 5.97 Å². The summed E-state index contributed by atoms with van der Waals surface area (Å²) in [6.07, 6.45) is 3.01. The quantitative estimate of drug-likeness (QED) is 0.554. The van der Waals surface area contributed by atoms with Gasteiger partial charge in [0.25, 0.3) is 0 Å². The van der Waals surface area contributed by atoms with Crippen molar-refractivity contribution in [3.8, 4) is 0 Å². The van der Waals surface area contributed by atoms with E-state index < -0.39 is 5.97 Å². The molecule has 4 N–H and O–H groups in total. The van der Waals surface area contributed by atoms with Gasteiger partial charge in [0.2, 0.25) is 0 Å². The molecule has 4 heteroatoms. The lowest BCUT2D eigenvalue weighted by molar-refractivity contribution is 0.0697. The fourth-order valence-corrected chi connectivity index (χ4v) is 0.457. The van der Waals surface area contributed by atoms with Crippen LogP contribution in [0.4, 0.5) is 0 Å². The predicted molar refractivity (Wildman–Crippen MR) is 31.4 cm³/mol. The van der Waals surface area contributed by atoms with Crippen LogP contribution in [0.5, 0.6) is 0 Å². The summed E-state index contributed by atoms with van der Waals surface area (Å²) in [5.74, 6) is -0.897. The number of carboxylic acids is 1. The number of carboxylic acid groups (broad SMARTS) is 1. The number of carbonyl (C=O) groups is 1. The number of nitrogens with one attached hydrogen (secondary N) is 1. The van der Waals surface area contributed by atoms with E-state index in [1.807, 2.05) is 0 Å². The van der Waals surface area contributed by atoms with Crippen molar-refractivity contribution in [2.75, 3.05) is 0 Å². The summed E-state index contributed by atoms with van der Waals surface area (Å²) in [7, 11) is 0. The predicted octanol–water partition coefficient (Wildman–Crippen LogP) is -0.112. The van der Waals surface area contributed by atoms with Gasteiger partial charge in [-0.25, -0.2) is 4.79 Å². The number of aromatic amines is 1. The Kier molecular flexibility index (Phi) is 2.47. The molecule has 4 nitrogen and oxygen atoms in total. The molecule has 0 fully saturated rings. The topological polar surface area (TPSA) is 84.6 Å². The molecular weight excluding hydrogens is 122 g/mol. The van der Waals surface area contributed by atoms with Crippen molar-refractivity contribution in [1.82, 2.24) is 4.98 Å². The molecule has 0 saturated heterocycles. The van der Waals surface area contributed by atoms with E-state index in [1.165, 1.54) is 12.3 Å². The van der Waals surface area contributed by atoms with Crippen LogP contribution in [0.3, 0.4) is 0 Å². The normalized spacial score (nSPS) is 8.00. The Balaban J connectivity index is 0.000000640. The number of H-pyrrole nitrogens is 1. The summed E-state index contributed by atoms with van der Waals surface area (Å²) in [6, 6.07) is 1.50. The van der Waals surface area contributed by atoms with Crippen molar-refractivity contribution in [3.05, 3.63) is 24.0 Å². The lowest BCUT2D eigenvalue weighted by Gasteiger charge is -1.78. The van der Waals surface area contributed by atoms with Crippen molar-refractivity contribution in [2.45, 2.75) is 0 Å². The zero-order valence-electron chi connectivity index (χ0n) is 4.59. The molecule has 0 amide bonds. The molecule has 0 spiro atoms. The van der Waals surface area contributed by atoms with Crippen LogP contribution in [0.1, 0.15) is 10.4 Å². The van der Waals surface area contributed by atoms with Gasteiger partial charge in [-0.3, -0.25) is 0 Å². The lowest BCUT2D eigenvalue weighted by Crippen LogP contribution is -1.91. The van der Waals surface area contributed by atoms with E-state index in [0.29, 0.717) is 5.56 Å². The van der Waals surface area contributed by atoms with E-state index in [9.17, 15) is 4.79 Å². The Bertz CT molecular complexity index is 180. The third-order valence-corrected chi connectivity index (χ3v) is 0.845. The van der Waals surface area contributed by atoms with Crippen LogP contribution >= 0.6 is 0 Å². The highest BCUT2D eigenvalue weighted by molar-refractivity contribution is 5.87. The zero-order valence-corrected chi connectivity index (χ0v) is 4.59. The molecule has 0 aliphatic carbocycles. The van der Waals surface area contributed by atoms with Crippen molar-refractivity contribution in [3.63, 3.8) is 0 Å². The molecule has 1 rings (SSSR count). The van der Waals surface area contributed by atoms with Gasteiger partial charge in [-0.15, -0.1) is 0 Å². The maximum Gasteiger partial charge on any atom is 0.337 e. The SMILES string of the molecule is O.O=C(O)c1cc[nH]c1. The fraction of sp³-hybridized carbons (Fsp3) is 0. The number of aromatic nitrogens is 1. The van der Waals surface area contributed by atoms with E-state index >= 15 is 0 Å². The van der Waals surface area contributed by atoms with Gasteiger partial charge in [0, 0.05) is 12.4 Å². The van der Waals surface area contributed by atoms with Crippen LogP contribution in [-0.4, -0.2) is 21.5 Å². The Morgan fingerprint density at radius 2 is 2.33 bits per heavy atom. The Morgan fingerprint density at radius 3 is 2.56 bits per heavy atom. The molecule has 50 valence electrons. The number of rotatable bonds is 1. The van der Waals surface area contributed by atoms with Gasteiger partial charge in [0.1, 0.15) is 0 Å². The first-order chi connectivity index (χ1) is 3.80. The maximum absolute atomic E-state index is 10.0. The van der Waals surface area contributed by atoms with Crippen LogP contribution in [0.2, 0.25) is 0 Å². The van der Waals surface area contributed by atoms with Crippen molar-refractivity contribution in [2.24, 2.45) is 0 Å². The smallest absolute Gasteiger partial charge is 0.337 e. The van der Waals surface area contributed by atoms with Crippen molar-refractivity contribution in [1.29, 1.82) is 0 Å². The molecule has 0 bridgehead atoms. The van der Waals surface area contributed by atoms with Gasteiger partial charge in [-0.2, -0.15) is 0 Å². The second-order valence-electron chi connectivity index (χ2n) is 1.40. The highest BCUT2D eigenvalue weighted by Crippen LogP contribution is 1.93. The highest BCUT2D eigenvalue weighted by Gasteiger charge is 1.98. The minimum atomic E-state index is -0.897. The van der Waals surface area contributed by atoms with Gasteiger partial charge in [-0.1, -0.05) is 0 Å². The molecule has 1 aromatic heterocycles. The van der Waals surface area contributed by atoms with Crippen LogP contribution in [0.25, 0.3) is 0 Å². The van der Waals surface area contributed by atoms with E-state index in [-0.39, 0.29) is 5.48 Å². The van der Waals surface area contributed by atoms with E-state index in [2.05, 4.69) is 4.98 Å². The van der Waals surface area contributed by atoms with Gasteiger partial charge in [0.15, 0.2) is 0 Å². The summed E-state index contributed by atoms with van der Waals surface area (Å²) < 4.78 is 0. The van der Waals surface area contributed by atoms with E-state index in [4.69, 9.17) is 5.11 Å². The number of aromatic carboxylic acids is 1. The van der Waals surface area contributed by atoms with Crippen LogP contribution in [0, 0.1) is 0 Å². The molecule has 1 heterocycles. The molecule has 9 heavy (non-hydrogen) atoms. The molecule has 0 aliphatic heterocycles. The summed E-state index contributed by atoms with van der Waals surface area (Å²) in [5, 5.41) is 8.25. The molecule has 0 unspecified atom stereocenters. The van der Waals surface area contributed by atoms with Gasteiger partial charge in [0.05, 0.1) is 5.56 Å².